The van der Waals surface area contributed by atoms with Crippen LogP contribution in [0.15, 0.2) is 36.5 Å². The summed E-state index contributed by atoms with van der Waals surface area (Å²) >= 11 is 0. The molecule has 1 unspecified atom stereocenters. The van der Waals surface area contributed by atoms with E-state index in [0.29, 0.717) is 19.3 Å². The van der Waals surface area contributed by atoms with E-state index in [1.54, 1.807) is 0 Å². The highest BCUT2D eigenvalue weighted by Gasteiger charge is 2.19. The highest BCUT2D eigenvalue weighted by molar-refractivity contribution is 5.71. The van der Waals surface area contributed by atoms with Gasteiger partial charge >= 0.3 is 17.9 Å². The molecule has 0 aromatic carbocycles. The minimum absolute atomic E-state index is 0.0692. The summed E-state index contributed by atoms with van der Waals surface area (Å²) in [6.07, 6.45) is 86.1. The van der Waals surface area contributed by atoms with Crippen LogP contribution in [-0.4, -0.2) is 37.2 Å². The molecule has 0 bridgehead atoms. The lowest BCUT2D eigenvalue weighted by molar-refractivity contribution is -0.167. The number of allylic oxidation sites excluding steroid dienone is 6. The molecule has 470 valence electrons. The zero-order chi connectivity index (χ0) is 57.8. The van der Waals surface area contributed by atoms with E-state index in [2.05, 4.69) is 57.2 Å². The van der Waals surface area contributed by atoms with E-state index < -0.39 is 6.10 Å². The first-order valence-corrected chi connectivity index (χ1v) is 36.0. The second-order valence-electron chi connectivity index (χ2n) is 24.5. The molecule has 0 aliphatic heterocycles. The van der Waals surface area contributed by atoms with Crippen molar-refractivity contribution in [1.29, 1.82) is 0 Å². The van der Waals surface area contributed by atoms with Crippen molar-refractivity contribution in [3.63, 3.8) is 0 Å². The molecule has 0 aromatic rings. The Hall–Kier alpha value is -2.37. The zero-order valence-corrected chi connectivity index (χ0v) is 54.1. The maximum Gasteiger partial charge on any atom is 0.306 e. The van der Waals surface area contributed by atoms with Gasteiger partial charge in [0.2, 0.25) is 0 Å². The predicted molar refractivity (Wildman–Crippen MR) is 349 cm³/mol. The third-order valence-corrected chi connectivity index (χ3v) is 16.4. The second-order valence-corrected chi connectivity index (χ2v) is 24.5. The Labute approximate surface area is 499 Å². The van der Waals surface area contributed by atoms with Gasteiger partial charge in [0.1, 0.15) is 13.2 Å². The molecule has 6 nitrogen and oxygen atoms in total. The van der Waals surface area contributed by atoms with Gasteiger partial charge < -0.3 is 14.2 Å². The first-order chi connectivity index (χ1) is 39.5. The van der Waals surface area contributed by atoms with Gasteiger partial charge in [0.05, 0.1) is 0 Å². The molecule has 6 heteroatoms. The van der Waals surface area contributed by atoms with Crippen molar-refractivity contribution >= 4 is 17.9 Å². The van der Waals surface area contributed by atoms with Crippen LogP contribution in [0.5, 0.6) is 0 Å². The van der Waals surface area contributed by atoms with E-state index in [1.165, 1.54) is 276 Å². The molecule has 0 aliphatic carbocycles. The van der Waals surface area contributed by atoms with Crippen molar-refractivity contribution in [2.75, 3.05) is 13.2 Å². The lowest BCUT2D eigenvalue weighted by atomic mass is 10.0. The van der Waals surface area contributed by atoms with E-state index in [4.69, 9.17) is 14.2 Å². The predicted octanol–water partition coefficient (Wildman–Crippen LogP) is 24.7. The molecule has 1 atom stereocenters. The van der Waals surface area contributed by atoms with Gasteiger partial charge in [-0.3, -0.25) is 14.4 Å². The van der Waals surface area contributed by atoms with Crippen molar-refractivity contribution in [1.82, 2.24) is 0 Å². The van der Waals surface area contributed by atoms with E-state index in [9.17, 15) is 14.4 Å². The molecule has 80 heavy (non-hydrogen) atoms. The quantitative estimate of drug-likeness (QED) is 0.0261. The molecule has 0 fully saturated rings. The summed E-state index contributed by atoms with van der Waals surface area (Å²) in [5.41, 5.74) is 0. The van der Waals surface area contributed by atoms with Crippen LogP contribution in [-0.2, 0) is 28.6 Å². The van der Waals surface area contributed by atoms with Crippen molar-refractivity contribution in [3.05, 3.63) is 36.5 Å². The maximum atomic E-state index is 13.0. The summed E-state index contributed by atoms with van der Waals surface area (Å²) in [4.78, 5) is 38.5. The van der Waals surface area contributed by atoms with Crippen molar-refractivity contribution < 1.29 is 28.6 Å². The summed E-state index contributed by atoms with van der Waals surface area (Å²) < 4.78 is 17.0. The van der Waals surface area contributed by atoms with Crippen molar-refractivity contribution in [2.24, 2.45) is 0 Å². The van der Waals surface area contributed by atoms with Gasteiger partial charge in [-0.25, -0.2) is 0 Å². The Balaban J connectivity index is 4.24. The number of hydrogen-bond acceptors (Lipinski definition) is 6. The van der Waals surface area contributed by atoms with E-state index in [-0.39, 0.29) is 31.1 Å². The number of carbonyl (C=O) groups excluding carboxylic acids is 3. The van der Waals surface area contributed by atoms with E-state index in [0.717, 1.165) is 83.5 Å². The third kappa shape index (κ3) is 66.4. The van der Waals surface area contributed by atoms with Crippen LogP contribution in [0.2, 0.25) is 0 Å². The van der Waals surface area contributed by atoms with Crippen molar-refractivity contribution in [2.45, 2.75) is 406 Å². The summed E-state index contributed by atoms with van der Waals surface area (Å²) in [6.45, 7) is 6.61. The summed E-state index contributed by atoms with van der Waals surface area (Å²) in [5.74, 6) is -0.847. The summed E-state index contributed by atoms with van der Waals surface area (Å²) in [5, 5.41) is 0. The number of rotatable bonds is 67. The van der Waals surface area contributed by atoms with Crippen LogP contribution < -0.4 is 0 Å². The number of esters is 3. The molecule has 0 amide bonds. The van der Waals surface area contributed by atoms with Gasteiger partial charge in [-0.1, -0.05) is 365 Å². The molecule has 0 N–H and O–H groups in total. The number of unbranched alkanes of at least 4 members (excludes halogenated alkanes) is 50. The standard InChI is InChI=1S/C74H138O6/c1-4-7-10-13-16-19-22-25-28-31-33-34-35-36-37-38-39-40-41-44-46-49-52-55-58-61-64-67-73(76)79-70-71(69-78-72(75)66-63-60-57-54-51-48-45-42-30-27-24-21-18-15-12-9-6-3)80-74(77)68-65-62-59-56-53-50-47-43-32-29-26-23-20-17-14-11-8-5-2/h9,12,18,21,27,30,71H,4-8,10-11,13-17,19-20,22-26,28-29,31-70H2,1-3H3/b12-9-,21-18-,30-27-. The summed E-state index contributed by atoms with van der Waals surface area (Å²) in [6, 6.07) is 0. The number of ether oxygens (including phenoxy) is 3. The first kappa shape index (κ1) is 77.6. The van der Waals surface area contributed by atoms with Gasteiger partial charge in [0.15, 0.2) is 6.10 Å². The molecule has 0 saturated heterocycles. The maximum absolute atomic E-state index is 13.0. The second kappa shape index (κ2) is 69.1. The highest BCUT2D eigenvalue weighted by atomic mass is 16.6. The van der Waals surface area contributed by atoms with Gasteiger partial charge in [0, 0.05) is 19.3 Å². The summed E-state index contributed by atoms with van der Waals surface area (Å²) in [7, 11) is 0. The van der Waals surface area contributed by atoms with Crippen LogP contribution in [0.4, 0.5) is 0 Å². The minimum atomic E-state index is -0.774. The molecular formula is C74H138O6. The van der Waals surface area contributed by atoms with Crippen LogP contribution in [0.25, 0.3) is 0 Å². The lowest BCUT2D eigenvalue weighted by Crippen LogP contribution is -2.30. The van der Waals surface area contributed by atoms with Crippen LogP contribution in [0.3, 0.4) is 0 Å². The van der Waals surface area contributed by atoms with Crippen LogP contribution in [0.1, 0.15) is 400 Å². The molecule has 0 rings (SSSR count). The SMILES string of the molecule is CC/C=C\C/C=C\C/C=C\CCCCCCCCCC(=O)OCC(COC(=O)CCCCCCCCCCCCCCCCCCCCCCCCCCCCC)OC(=O)CCCCCCCCCCCCCCCCCCCC. The molecule has 0 heterocycles. The fourth-order valence-corrected chi connectivity index (χ4v) is 11.1. The Morgan fingerprint density at radius 1 is 0.263 bits per heavy atom. The highest BCUT2D eigenvalue weighted by Crippen LogP contribution is 2.19. The smallest absolute Gasteiger partial charge is 0.306 e. The van der Waals surface area contributed by atoms with E-state index >= 15 is 0 Å². The zero-order valence-electron chi connectivity index (χ0n) is 54.1. The van der Waals surface area contributed by atoms with E-state index in [1.807, 2.05) is 0 Å². The molecule has 0 aliphatic rings. The average molecular weight is 1120 g/mol. The molecule has 0 aromatic heterocycles. The molecule has 0 radical (unpaired) electrons. The van der Waals surface area contributed by atoms with Gasteiger partial charge in [-0.05, 0) is 51.4 Å². The normalized spacial score (nSPS) is 12.2. The van der Waals surface area contributed by atoms with Crippen LogP contribution in [0, 0.1) is 0 Å². The Morgan fingerprint density at radius 3 is 0.762 bits per heavy atom. The molecular weight excluding hydrogens is 985 g/mol. The van der Waals surface area contributed by atoms with Gasteiger partial charge in [0.25, 0.3) is 0 Å². The largest absolute Gasteiger partial charge is 0.462 e. The fraction of sp³-hybridized carbons (Fsp3) is 0.878. The van der Waals surface area contributed by atoms with Crippen molar-refractivity contribution in [3.8, 4) is 0 Å². The Morgan fingerprint density at radius 2 is 0.487 bits per heavy atom. The van der Waals surface area contributed by atoms with Crippen LogP contribution >= 0.6 is 0 Å². The molecule has 0 spiro atoms. The third-order valence-electron chi connectivity index (χ3n) is 16.4. The average Bonchev–Trinajstić information content (AvgIpc) is 3.46. The molecule has 0 saturated carbocycles. The lowest BCUT2D eigenvalue weighted by Gasteiger charge is -2.18. The topological polar surface area (TPSA) is 78.9 Å². The van der Waals surface area contributed by atoms with Gasteiger partial charge in [-0.2, -0.15) is 0 Å². The first-order valence-electron chi connectivity index (χ1n) is 36.0. The Bertz CT molecular complexity index is 1340. The van der Waals surface area contributed by atoms with Gasteiger partial charge in [-0.15, -0.1) is 0 Å². The minimum Gasteiger partial charge on any atom is -0.462 e. The number of hydrogen-bond donors (Lipinski definition) is 0. The fourth-order valence-electron chi connectivity index (χ4n) is 11.1. The monoisotopic (exact) mass is 1120 g/mol. The Kier molecular flexibility index (Phi) is 67.1. The number of carbonyl (C=O) groups is 3.